The fraction of sp³-hybridized carbons (Fsp3) is 0.182. The van der Waals surface area contributed by atoms with Crippen LogP contribution in [0.3, 0.4) is 0 Å². The number of halogens is 2. The third kappa shape index (κ3) is 3.65. The number of carboxylic acid groups (broad SMARTS) is 1. The van der Waals surface area contributed by atoms with Gasteiger partial charge in [-0.15, -0.1) is 0 Å². The van der Waals surface area contributed by atoms with Crippen molar-refractivity contribution in [1.29, 1.82) is 0 Å². The molecule has 8 heteroatoms. The highest BCUT2D eigenvalue weighted by Crippen LogP contribution is 2.25. The summed E-state index contributed by atoms with van der Waals surface area (Å²) >= 11 is 5.69. The Morgan fingerprint density at radius 1 is 1.47 bits per heavy atom. The number of hydrazone groups is 1. The molecule has 0 bridgehead atoms. The topological polar surface area (TPSA) is 88.0 Å². The predicted molar refractivity (Wildman–Crippen MR) is 67.1 cm³/mol. The van der Waals surface area contributed by atoms with Crippen molar-refractivity contribution < 1.29 is 23.8 Å². The second-order valence-electron chi connectivity index (χ2n) is 3.42. The number of anilines is 1. The Balaban J connectivity index is 3.12. The van der Waals surface area contributed by atoms with Crippen LogP contribution in [0.25, 0.3) is 0 Å². The van der Waals surface area contributed by atoms with Gasteiger partial charge in [-0.2, -0.15) is 5.10 Å². The lowest BCUT2D eigenvalue weighted by atomic mass is 10.2. The van der Waals surface area contributed by atoms with Gasteiger partial charge in [0.05, 0.1) is 23.4 Å². The first-order valence-corrected chi connectivity index (χ1v) is 5.35. The maximum atomic E-state index is 13.5. The molecule has 0 saturated heterocycles. The molecule has 0 spiro atoms. The van der Waals surface area contributed by atoms with Crippen molar-refractivity contribution in [2.45, 2.75) is 6.92 Å². The normalized spacial score (nSPS) is 11.1. The first-order chi connectivity index (χ1) is 8.86. The van der Waals surface area contributed by atoms with Crippen LogP contribution in [0.2, 0.25) is 5.02 Å². The molecular formula is C11H10ClFN2O4. The van der Waals surface area contributed by atoms with Crippen molar-refractivity contribution in [2.75, 3.05) is 12.5 Å². The molecule has 0 amide bonds. The van der Waals surface area contributed by atoms with Gasteiger partial charge in [0.2, 0.25) is 0 Å². The smallest absolute Gasteiger partial charge is 0.351 e. The zero-order valence-electron chi connectivity index (χ0n) is 10.0. The summed E-state index contributed by atoms with van der Waals surface area (Å²) in [6.45, 7) is 1.23. The monoisotopic (exact) mass is 288 g/mol. The summed E-state index contributed by atoms with van der Waals surface area (Å²) in [6, 6.07) is 1.99. The van der Waals surface area contributed by atoms with Crippen LogP contribution < -0.4 is 5.43 Å². The minimum Gasteiger partial charge on any atom is -0.477 e. The lowest BCUT2D eigenvalue weighted by Crippen LogP contribution is -2.11. The number of methoxy groups -OCH3 is 1. The summed E-state index contributed by atoms with van der Waals surface area (Å²) < 4.78 is 18.0. The van der Waals surface area contributed by atoms with Gasteiger partial charge in [0, 0.05) is 0 Å². The zero-order valence-corrected chi connectivity index (χ0v) is 10.8. The standard InChI is InChI=1S/C11H10ClFN2O4/c1-5(10(16)17)14-15-9-3-6(11(18)19-2)7(12)4-8(9)13/h3-4,15H,1-2H3,(H,16,17). The van der Waals surface area contributed by atoms with E-state index in [1.165, 1.54) is 6.92 Å². The Bertz CT molecular complexity index is 560. The SMILES string of the molecule is COC(=O)c1cc(NN=C(C)C(=O)O)c(F)cc1Cl. The van der Waals surface area contributed by atoms with Crippen LogP contribution in [-0.4, -0.2) is 29.9 Å². The van der Waals surface area contributed by atoms with Gasteiger partial charge >= 0.3 is 11.9 Å². The number of carbonyl (C=O) groups excluding carboxylic acids is 1. The number of esters is 1. The fourth-order valence-electron chi connectivity index (χ4n) is 1.09. The molecule has 1 aromatic rings. The highest BCUT2D eigenvalue weighted by Gasteiger charge is 2.15. The number of nitrogens with zero attached hydrogens (tertiary/aromatic N) is 1. The number of carboxylic acids is 1. The quantitative estimate of drug-likeness (QED) is 0.503. The molecule has 0 aliphatic carbocycles. The molecule has 0 aromatic heterocycles. The van der Waals surface area contributed by atoms with Crippen molar-refractivity contribution in [2.24, 2.45) is 5.10 Å². The molecule has 1 rings (SSSR count). The molecule has 0 atom stereocenters. The Hall–Kier alpha value is -2.15. The van der Waals surface area contributed by atoms with E-state index in [2.05, 4.69) is 15.3 Å². The number of benzene rings is 1. The third-order valence-electron chi connectivity index (χ3n) is 2.12. The summed E-state index contributed by atoms with van der Waals surface area (Å²) in [5.41, 5.74) is 1.69. The van der Waals surface area contributed by atoms with Gasteiger partial charge in [0.25, 0.3) is 0 Å². The zero-order chi connectivity index (χ0) is 14.6. The molecular weight excluding hydrogens is 279 g/mol. The molecule has 0 unspecified atom stereocenters. The largest absolute Gasteiger partial charge is 0.477 e. The molecule has 6 nitrogen and oxygen atoms in total. The van der Waals surface area contributed by atoms with E-state index in [1.807, 2.05) is 0 Å². The van der Waals surface area contributed by atoms with Crippen LogP contribution in [0.1, 0.15) is 17.3 Å². The number of carbonyl (C=O) groups is 2. The summed E-state index contributed by atoms with van der Waals surface area (Å²) in [4.78, 5) is 21.9. The molecule has 0 aliphatic heterocycles. The molecule has 2 N–H and O–H groups in total. The van der Waals surface area contributed by atoms with Crippen molar-refractivity contribution >= 4 is 34.9 Å². The van der Waals surface area contributed by atoms with Crippen LogP contribution in [-0.2, 0) is 9.53 Å². The van der Waals surface area contributed by atoms with E-state index in [0.717, 1.165) is 19.2 Å². The minimum absolute atomic E-state index is 0.0590. The van der Waals surface area contributed by atoms with Gasteiger partial charge in [-0.05, 0) is 19.1 Å². The van der Waals surface area contributed by atoms with Crippen LogP contribution >= 0.6 is 11.6 Å². The number of ether oxygens (including phenoxy) is 1. The molecule has 0 saturated carbocycles. The van der Waals surface area contributed by atoms with Crippen molar-refractivity contribution in [3.05, 3.63) is 28.5 Å². The van der Waals surface area contributed by atoms with E-state index < -0.39 is 17.8 Å². The fourth-order valence-corrected chi connectivity index (χ4v) is 1.32. The Morgan fingerprint density at radius 3 is 2.63 bits per heavy atom. The van der Waals surface area contributed by atoms with Gasteiger partial charge in [-0.25, -0.2) is 14.0 Å². The summed E-state index contributed by atoms with van der Waals surface area (Å²) in [6.07, 6.45) is 0. The van der Waals surface area contributed by atoms with Crippen LogP contribution in [0, 0.1) is 5.82 Å². The maximum Gasteiger partial charge on any atom is 0.351 e. The van der Waals surface area contributed by atoms with Gasteiger partial charge < -0.3 is 9.84 Å². The number of rotatable bonds is 4. The Kier molecular flexibility index (Phi) is 4.82. The van der Waals surface area contributed by atoms with E-state index in [-0.39, 0.29) is 22.0 Å². The van der Waals surface area contributed by atoms with Crippen molar-refractivity contribution in [1.82, 2.24) is 0 Å². The number of hydrogen-bond acceptors (Lipinski definition) is 5. The van der Waals surface area contributed by atoms with Crippen LogP contribution in [0.4, 0.5) is 10.1 Å². The number of aliphatic carboxylic acids is 1. The molecule has 0 fully saturated rings. The number of nitrogens with one attached hydrogen (secondary N) is 1. The summed E-state index contributed by atoms with van der Waals surface area (Å²) in [7, 11) is 1.15. The average Bonchev–Trinajstić information content (AvgIpc) is 2.36. The van der Waals surface area contributed by atoms with E-state index >= 15 is 0 Å². The molecule has 0 radical (unpaired) electrons. The van der Waals surface area contributed by atoms with Crippen molar-refractivity contribution in [3.63, 3.8) is 0 Å². The maximum absolute atomic E-state index is 13.5. The number of hydrogen-bond donors (Lipinski definition) is 2. The summed E-state index contributed by atoms with van der Waals surface area (Å²) in [5.74, 6) is -2.78. The van der Waals surface area contributed by atoms with Gasteiger partial charge in [-0.1, -0.05) is 11.6 Å². The molecule has 0 aliphatic rings. The highest BCUT2D eigenvalue weighted by molar-refractivity contribution is 6.34. The lowest BCUT2D eigenvalue weighted by molar-refractivity contribution is -0.129. The molecule has 1 aromatic carbocycles. The molecule has 0 heterocycles. The molecule has 102 valence electrons. The highest BCUT2D eigenvalue weighted by atomic mass is 35.5. The second-order valence-corrected chi connectivity index (χ2v) is 3.82. The minimum atomic E-state index is -1.25. The first-order valence-electron chi connectivity index (χ1n) is 4.97. The lowest BCUT2D eigenvalue weighted by Gasteiger charge is -2.07. The van der Waals surface area contributed by atoms with Gasteiger partial charge in [-0.3, -0.25) is 5.43 Å². The van der Waals surface area contributed by atoms with Crippen LogP contribution in [0.15, 0.2) is 17.2 Å². The van der Waals surface area contributed by atoms with E-state index in [1.54, 1.807) is 0 Å². The van der Waals surface area contributed by atoms with Crippen LogP contribution in [0.5, 0.6) is 0 Å². The van der Waals surface area contributed by atoms with Gasteiger partial charge in [0.1, 0.15) is 11.5 Å². The second kappa shape index (κ2) is 6.14. The third-order valence-corrected chi connectivity index (χ3v) is 2.43. The Morgan fingerprint density at radius 2 is 2.11 bits per heavy atom. The van der Waals surface area contributed by atoms with Crippen molar-refractivity contribution in [3.8, 4) is 0 Å². The van der Waals surface area contributed by atoms with E-state index in [0.29, 0.717) is 0 Å². The van der Waals surface area contributed by atoms with E-state index in [9.17, 15) is 14.0 Å². The van der Waals surface area contributed by atoms with E-state index in [4.69, 9.17) is 16.7 Å². The Labute approximate surface area is 112 Å². The van der Waals surface area contributed by atoms with Gasteiger partial charge in [0.15, 0.2) is 0 Å². The predicted octanol–water partition coefficient (Wildman–Crippen LogP) is 2.14. The average molecular weight is 289 g/mol. The molecule has 19 heavy (non-hydrogen) atoms. The summed E-state index contributed by atoms with van der Waals surface area (Å²) in [5, 5.41) is 11.9. The first kappa shape index (κ1) is 14.9.